The number of nitrogens with one attached hydrogen (secondary N) is 1. The first kappa shape index (κ1) is 17.6. The number of aryl methyl sites for hydroxylation is 1. The fraction of sp³-hybridized carbons (Fsp3) is 0.190. The van der Waals surface area contributed by atoms with Crippen molar-refractivity contribution in [1.29, 1.82) is 0 Å². The van der Waals surface area contributed by atoms with E-state index in [4.69, 9.17) is 0 Å². The third-order valence-electron chi connectivity index (χ3n) is 4.18. The van der Waals surface area contributed by atoms with Gasteiger partial charge in [0.1, 0.15) is 17.8 Å². The van der Waals surface area contributed by atoms with Crippen molar-refractivity contribution >= 4 is 23.1 Å². The van der Waals surface area contributed by atoms with Crippen molar-refractivity contribution in [3.63, 3.8) is 0 Å². The van der Waals surface area contributed by atoms with Crippen LogP contribution in [0.25, 0.3) is 0 Å². The number of anilines is 3. The Morgan fingerprint density at radius 1 is 1.00 bits per heavy atom. The molecule has 0 fully saturated rings. The van der Waals surface area contributed by atoms with Gasteiger partial charge in [-0.25, -0.2) is 9.97 Å². The van der Waals surface area contributed by atoms with Crippen molar-refractivity contribution in [3.05, 3.63) is 78.2 Å². The van der Waals surface area contributed by atoms with Crippen LogP contribution in [0.15, 0.2) is 67.0 Å². The fourth-order valence-electron chi connectivity index (χ4n) is 2.82. The Hall–Kier alpha value is -3.21. The van der Waals surface area contributed by atoms with Crippen molar-refractivity contribution in [1.82, 2.24) is 9.97 Å². The molecule has 0 unspecified atom stereocenters. The molecule has 0 atom stereocenters. The summed E-state index contributed by atoms with van der Waals surface area (Å²) < 4.78 is 0. The molecule has 0 spiro atoms. The van der Waals surface area contributed by atoms with Crippen molar-refractivity contribution in [2.24, 2.45) is 0 Å². The minimum Gasteiger partial charge on any atom is -0.340 e. The molecule has 1 amide bonds. The second-order valence-electron chi connectivity index (χ2n) is 5.81. The Bertz CT molecular complexity index is 880. The molecule has 26 heavy (non-hydrogen) atoms. The predicted molar refractivity (Wildman–Crippen MR) is 105 cm³/mol. The largest absolute Gasteiger partial charge is 0.340 e. The summed E-state index contributed by atoms with van der Waals surface area (Å²) >= 11 is 0. The van der Waals surface area contributed by atoms with Crippen LogP contribution < -0.4 is 10.2 Å². The maximum atomic E-state index is 12.9. The van der Waals surface area contributed by atoms with Gasteiger partial charge in [0, 0.05) is 24.0 Å². The molecule has 3 aromatic rings. The van der Waals surface area contributed by atoms with Gasteiger partial charge in [-0.15, -0.1) is 0 Å². The molecule has 0 aliphatic heterocycles. The summed E-state index contributed by atoms with van der Waals surface area (Å²) in [6.45, 7) is 4.62. The van der Waals surface area contributed by atoms with Gasteiger partial charge >= 0.3 is 0 Å². The van der Waals surface area contributed by atoms with Crippen LogP contribution >= 0.6 is 0 Å². The molecule has 0 aliphatic rings. The van der Waals surface area contributed by atoms with Crippen LogP contribution in [0.1, 0.15) is 29.9 Å². The Kier molecular flexibility index (Phi) is 5.59. The Morgan fingerprint density at radius 3 is 2.46 bits per heavy atom. The van der Waals surface area contributed by atoms with Crippen molar-refractivity contribution in [2.45, 2.75) is 20.3 Å². The zero-order chi connectivity index (χ0) is 18.4. The molecule has 2 aromatic carbocycles. The number of para-hydroxylation sites is 2. The van der Waals surface area contributed by atoms with Crippen LogP contribution in [-0.2, 0) is 6.42 Å². The highest BCUT2D eigenvalue weighted by molar-refractivity contribution is 6.05. The van der Waals surface area contributed by atoms with E-state index in [2.05, 4.69) is 28.3 Å². The lowest BCUT2D eigenvalue weighted by atomic mass is 10.1. The number of hydrogen-bond acceptors (Lipinski definition) is 4. The SMILES string of the molecule is CCc1ccccc1Nc1cc(C(=O)N(CC)c2ccccc2)ncn1. The molecule has 1 heterocycles. The number of amides is 1. The molecule has 0 bridgehead atoms. The van der Waals surface area contributed by atoms with Gasteiger partial charge in [0.2, 0.25) is 0 Å². The smallest absolute Gasteiger partial charge is 0.277 e. The van der Waals surface area contributed by atoms with E-state index in [0.29, 0.717) is 18.1 Å². The molecular formula is C21H22N4O. The normalized spacial score (nSPS) is 10.4. The van der Waals surface area contributed by atoms with Crippen LogP contribution in [0.4, 0.5) is 17.2 Å². The second-order valence-corrected chi connectivity index (χ2v) is 5.81. The van der Waals surface area contributed by atoms with Crippen LogP contribution in [0, 0.1) is 0 Å². The second kappa shape index (κ2) is 8.25. The summed E-state index contributed by atoms with van der Waals surface area (Å²) in [5.74, 6) is 0.460. The summed E-state index contributed by atoms with van der Waals surface area (Å²) in [4.78, 5) is 23.0. The molecular weight excluding hydrogens is 324 g/mol. The molecule has 1 N–H and O–H groups in total. The van der Waals surface area contributed by atoms with E-state index < -0.39 is 0 Å². The minimum absolute atomic E-state index is 0.145. The average Bonchev–Trinajstić information content (AvgIpc) is 2.70. The molecule has 0 saturated carbocycles. The van der Waals surface area contributed by atoms with E-state index in [0.717, 1.165) is 17.8 Å². The maximum absolute atomic E-state index is 12.9. The minimum atomic E-state index is -0.145. The summed E-state index contributed by atoms with van der Waals surface area (Å²) in [6, 6.07) is 19.4. The van der Waals surface area contributed by atoms with Gasteiger partial charge in [0.25, 0.3) is 5.91 Å². The number of aromatic nitrogens is 2. The summed E-state index contributed by atoms with van der Waals surface area (Å²) in [7, 11) is 0. The third kappa shape index (κ3) is 3.88. The fourth-order valence-corrected chi connectivity index (χ4v) is 2.82. The van der Waals surface area contributed by atoms with E-state index in [9.17, 15) is 4.79 Å². The quantitative estimate of drug-likeness (QED) is 0.716. The predicted octanol–water partition coefficient (Wildman–Crippen LogP) is 4.45. The highest BCUT2D eigenvalue weighted by Crippen LogP contribution is 2.21. The molecule has 5 nitrogen and oxygen atoms in total. The van der Waals surface area contributed by atoms with E-state index in [1.807, 2.05) is 55.5 Å². The van der Waals surface area contributed by atoms with Crippen LogP contribution in [0.2, 0.25) is 0 Å². The molecule has 3 rings (SSSR count). The standard InChI is InChI=1S/C21H22N4O/c1-3-16-10-8-9-13-18(16)24-20-14-19(22-15-23-20)21(26)25(4-2)17-11-6-5-7-12-17/h5-15H,3-4H2,1-2H3,(H,22,23,24). The third-order valence-corrected chi connectivity index (χ3v) is 4.18. The number of benzene rings is 2. The zero-order valence-corrected chi connectivity index (χ0v) is 15.0. The lowest BCUT2D eigenvalue weighted by Gasteiger charge is -2.20. The number of rotatable bonds is 6. The molecule has 132 valence electrons. The van der Waals surface area contributed by atoms with Crippen molar-refractivity contribution in [2.75, 3.05) is 16.8 Å². The van der Waals surface area contributed by atoms with Gasteiger partial charge in [-0.3, -0.25) is 4.79 Å². The Morgan fingerprint density at radius 2 is 1.73 bits per heavy atom. The molecule has 5 heteroatoms. The molecule has 0 saturated heterocycles. The monoisotopic (exact) mass is 346 g/mol. The van der Waals surface area contributed by atoms with Gasteiger partial charge in [0.05, 0.1) is 0 Å². The first-order chi connectivity index (χ1) is 12.7. The number of carbonyl (C=O) groups is 1. The molecule has 0 radical (unpaired) electrons. The Labute approximate surface area is 153 Å². The zero-order valence-electron chi connectivity index (χ0n) is 15.0. The summed E-state index contributed by atoms with van der Waals surface area (Å²) in [5.41, 5.74) is 3.40. The van der Waals surface area contributed by atoms with Gasteiger partial charge in [-0.05, 0) is 37.1 Å². The van der Waals surface area contributed by atoms with Crippen molar-refractivity contribution < 1.29 is 4.79 Å². The van der Waals surface area contributed by atoms with Gasteiger partial charge in [-0.1, -0.05) is 43.3 Å². The van der Waals surface area contributed by atoms with Crippen LogP contribution in [0.3, 0.4) is 0 Å². The van der Waals surface area contributed by atoms with Crippen molar-refractivity contribution in [3.8, 4) is 0 Å². The van der Waals surface area contributed by atoms with Gasteiger partial charge < -0.3 is 10.2 Å². The lowest BCUT2D eigenvalue weighted by molar-refractivity contribution is 0.0983. The van der Waals surface area contributed by atoms with E-state index in [-0.39, 0.29) is 5.91 Å². The topological polar surface area (TPSA) is 58.1 Å². The number of nitrogens with zero attached hydrogens (tertiary/aromatic N) is 3. The Balaban J connectivity index is 1.85. The van der Waals surface area contributed by atoms with Gasteiger partial charge in [-0.2, -0.15) is 0 Å². The van der Waals surface area contributed by atoms with E-state index in [1.165, 1.54) is 11.9 Å². The van der Waals surface area contributed by atoms with Gasteiger partial charge in [0.15, 0.2) is 0 Å². The first-order valence-electron chi connectivity index (χ1n) is 8.76. The molecule has 1 aromatic heterocycles. The average molecular weight is 346 g/mol. The number of carbonyl (C=O) groups excluding carboxylic acids is 1. The maximum Gasteiger partial charge on any atom is 0.277 e. The highest BCUT2D eigenvalue weighted by atomic mass is 16.2. The van der Waals surface area contributed by atoms with E-state index >= 15 is 0 Å². The lowest BCUT2D eigenvalue weighted by Crippen LogP contribution is -2.31. The first-order valence-corrected chi connectivity index (χ1v) is 8.76. The summed E-state index contributed by atoms with van der Waals surface area (Å²) in [5, 5.41) is 3.29. The van der Waals surface area contributed by atoms with E-state index in [1.54, 1.807) is 11.0 Å². The number of hydrogen-bond donors (Lipinski definition) is 1. The highest BCUT2D eigenvalue weighted by Gasteiger charge is 2.18. The molecule has 0 aliphatic carbocycles. The van der Waals surface area contributed by atoms with Crippen LogP contribution in [-0.4, -0.2) is 22.4 Å². The summed E-state index contributed by atoms with van der Waals surface area (Å²) in [6.07, 6.45) is 2.33. The van der Waals surface area contributed by atoms with Crippen LogP contribution in [0.5, 0.6) is 0 Å².